The lowest BCUT2D eigenvalue weighted by molar-refractivity contribution is -0.259. The first-order valence-corrected chi connectivity index (χ1v) is 14.2. The molecule has 0 amide bonds. The van der Waals surface area contributed by atoms with Gasteiger partial charge in [-0.3, -0.25) is 0 Å². The molecule has 4 rings (SSSR count). The zero-order valence-corrected chi connectivity index (χ0v) is 23.1. The van der Waals surface area contributed by atoms with Gasteiger partial charge in [0.15, 0.2) is 0 Å². The Bertz CT molecular complexity index is 824. The fourth-order valence-electron chi connectivity index (χ4n) is 10.6. The van der Waals surface area contributed by atoms with Gasteiger partial charge in [-0.05, 0) is 110 Å². The summed E-state index contributed by atoms with van der Waals surface area (Å²) in [6, 6.07) is 0. The van der Waals surface area contributed by atoms with Crippen molar-refractivity contribution in [1.82, 2.24) is 0 Å². The first-order valence-electron chi connectivity index (χ1n) is 14.2. The Balaban J connectivity index is 1.65. The summed E-state index contributed by atoms with van der Waals surface area (Å²) in [6.45, 7) is 13.2. The van der Waals surface area contributed by atoms with Crippen LogP contribution in [0.5, 0.6) is 0 Å². The molecule has 0 aromatic rings. The van der Waals surface area contributed by atoms with Gasteiger partial charge in [-0.15, -0.1) is 0 Å². The van der Waals surface area contributed by atoms with E-state index < -0.39 is 11.7 Å². The molecule has 35 heavy (non-hydrogen) atoms. The van der Waals surface area contributed by atoms with Crippen LogP contribution in [0.4, 0.5) is 0 Å². The van der Waals surface area contributed by atoms with E-state index in [1.54, 1.807) is 0 Å². The van der Waals surface area contributed by atoms with E-state index in [1.807, 2.05) is 13.0 Å². The number of aliphatic hydroxyl groups excluding tert-OH is 4. The number of rotatable bonds is 6. The minimum absolute atomic E-state index is 0.00421. The van der Waals surface area contributed by atoms with Gasteiger partial charge in [0.25, 0.3) is 0 Å². The third kappa shape index (κ3) is 3.90. The number of hydrogen-bond acceptors (Lipinski definition) is 5. The molecule has 0 aromatic heterocycles. The lowest BCUT2D eigenvalue weighted by atomic mass is 9.35. The summed E-state index contributed by atoms with van der Waals surface area (Å²) >= 11 is 0. The van der Waals surface area contributed by atoms with Crippen molar-refractivity contribution < 1.29 is 25.5 Å². The summed E-state index contributed by atoms with van der Waals surface area (Å²) in [5, 5.41) is 54.0. The predicted molar refractivity (Wildman–Crippen MR) is 139 cm³/mol. The van der Waals surface area contributed by atoms with Crippen molar-refractivity contribution in [2.75, 3.05) is 13.2 Å². The highest BCUT2D eigenvalue weighted by molar-refractivity contribution is 5.20. The molecule has 4 aliphatic rings. The van der Waals surface area contributed by atoms with Crippen molar-refractivity contribution in [2.24, 2.45) is 45.3 Å². The van der Waals surface area contributed by atoms with E-state index >= 15 is 0 Å². The van der Waals surface area contributed by atoms with Gasteiger partial charge in [0.2, 0.25) is 0 Å². The molecule has 5 nitrogen and oxygen atoms in total. The van der Waals surface area contributed by atoms with Gasteiger partial charge in [-0.1, -0.05) is 46.3 Å². The highest BCUT2D eigenvalue weighted by Gasteiger charge is 2.71. The maximum absolute atomic E-state index is 11.7. The van der Waals surface area contributed by atoms with Gasteiger partial charge < -0.3 is 25.5 Å². The molecule has 0 heterocycles. The fraction of sp³-hybridized carbons (Fsp3) is 0.933. The van der Waals surface area contributed by atoms with Crippen LogP contribution in [-0.2, 0) is 0 Å². The Labute approximate surface area is 213 Å². The molecule has 4 saturated carbocycles. The smallest absolute Gasteiger partial charge is 0.0911 e. The van der Waals surface area contributed by atoms with Crippen LogP contribution in [-0.4, -0.2) is 56.6 Å². The second kappa shape index (κ2) is 9.08. The van der Waals surface area contributed by atoms with Crippen LogP contribution >= 0.6 is 0 Å². The minimum atomic E-state index is -1.12. The summed E-state index contributed by atoms with van der Waals surface area (Å²) in [7, 11) is 0. The zero-order valence-electron chi connectivity index (χ0n) is 23.1. The predicted octanol–water partition coefficient (Wildman–Crippen LogP) is 4.45. The molecule has 0 radical (unpaired) electrons. The third-order valence-corrected chi connectivity index (χ3v) is 12.5. The van der Waals surface area contributed by atoms with Crippen molar-refractivity contribution in [3.05, 3.63) is 11.6 Å². The van der Waals surface area contributed by atoms with Gasteiger partial charge in [0.05, 0.1) is 31.0 Å². The molecular formula is C30H52O5. The van der Waals surface area contributed by atoms with Crippen molar-refractivity contribution in [3.8, 4) is 0 Å². The van der Waals surface area contributed by atoms with Gasteiger partial charge in [0, 0.05) is 0 Å². The Morgan fingerprint density at radius 1 is 0.943 bits per heavy atom. The first-order chi connectivity index (χ1) is 16.2. The van der Waals surface area contributed by atoms with E-state index in [1.165, 1.54) is 0 Å². The van der Waals surface area contributed by atoms with Gasteiger partial charge >= 0.3 is 0 Å². The van der Waals surface area contributed by atoms with E-state index in [2.05, 4.69) is 34.6 Å². The normalized spacial score (nSPS) is 49.1. The largest absolute Gasteiger partial charge is 0.393 e. The van der Waals surface area contributed by atoms with Gasteiger partial charge in [-0.25, -0.2) is 0 Å². The molecule has 0 unspecified atom stereocenters. The first kappa shape index (κ1) is 27.6. The van der Waals surface area contributed by atoms with Gasteiger partial charge in [-0.2, -0.15) is 0 Å². The number of aliphatic hydroxyl groups is 5. The highest BCUT2D eigenvalue weighted by atomic mass is 16.3. The van der Waals surface area contributed by atoms with Crippen LogP contribution in [0.2, 0.25) is 0 Å². The molecule has 10 atom stereocenters. The van der Waals surface area contributed by atoms with Crippen molar-refractivity contribution in [3.63, 3.8) is 0 Å². The molecular weight excluding hydrogens is 440 g/mol. The van der Waals surface area contributed by atoms with E-state index in [0.717, 1.165) is 50.5 Å². The Morgan fingerprint density at radius 3 is 2.26 bits per heavy atom. The maximum atomic E-state index is 11.7. The Hall–Kier alpha value is -0.460. The average molecular weight is 493 g/mol. The van der Waals surface area contributed by atoms with Crippen LogP contribution < -0.4 is 0 Å². The van der Waals surface area contributed by atoms with Crippen LogP contribution in [0.15, 0.2) is 11.6 Å². The SMILES string of the molecule is C/C(=C\CC[C@@](O)(CO)[C@H]1CC[C@]2(C)[C@@H]1CC[C@@H]1[C@@]3(C)CC[C@H](O)C(C)(C)[C@@H]3[C@@H](O)C[C@]12C)CO. The molecule has 0 aromatic carbocycles. The molecule has 0 saturated heterocycles. The summed E-state index contributed by atoms with van der Waals surface area (Å²) in [4.78, 5) is 0. The average Bonchev–Trinajstić information content (AvgIpc) is 3.15. The van der Waals surface area contributed by atoms with E-state index in [9.17, 15) is 25.5 Å². The second-order valence-electron chi connectivity index (χ2n) is 14.4. The van der Waals surface area contributed by atoms with Crippen LogP contribution in [0.25, 0.3) is 0 Å². The van der Waals surface area contributed by atoms with Crippen LogP contribution in [0, 0.1) is 45.3 Å². The maximum Gasteiger partial charge on any atom is 0.0911 e. The molecule has 5 N–H and O–H groups in total. The summed E-state index contributed by atoms with van der Waals surface area (Å²) in [6.07, 6.45) is 8.90. The molecule has 5 heteroatoms. The van der Waals surface area contributed by atoms with Gasteiger partial charge in [0.1, 0.15) is 0 Å². The van der Waals surface area contributed by atoms with Crippen molar-refractivity contribution >= 4 is 0 Å². The summed E-state index contributed by atoms with van der Waals surface area (Å²) < 4.78 is 0. The topological polar surface area (TPSA) is 101 Å². The van der Waals surface area contributed by atoms with Crippen molar-refractivity contribution in [1.29, 1.82) is 0 Å². The number of fused-ring (bicyclic) bond motifs is 5. The molecule has 4 aliphatic carbocycles. The van der Waals surface area contributed by atoms with Crippen LogP contribution in [0.1, 0.15) is 99.3 Å². The van der Waals surface area contributed by atoms with Crippen molar-refractivity contribution in [2.45, 2.75) is 117 Å². The van der Waals surface area contributed by atoms with E-state index in [-0.39, 0.29) is 52.8 Å². The lowest BCUT2D eigenvalue weighted by Crippen LogP contribution is -2.68. The zero-order chi connectivity index (χ0) is 26.0. The lowest BCUT2D eigenvalue weighted by Gasteiger charge is -2.71. The second-order valence-corrected chi connectivity index (χ2v) is 14.4. The molecule has 0 aliphatic heterocycles. The number of hydrogen-bond donors (Lipinski definition) is 5. The molecule has 0 spiro atoms. The molecule has 202 valence electrons. The third-order valence-electron chi connectivity index (χ3n) is 12.5. The monoisotopic (exact) mass is 492 g/mol. The standard InChI is InChI=1S/C30H52O5/c1-19(17-31)8-7-13-30(35,18-32)21-11-15-28(5)20(21)9-10-23-27(4)14-12-24(34)26(2,3)25(27)22(33)16-29(23,28)6/h8,20-25,31-35H,7,9-18H2,1-6H3/b19-8+/t20-,21+,22+,23-,24+,25+,27-,28-,29-,30-/m1/s1. The minimum Gasteiger partial charge on any atom is -0.393 e. The number of allylic oxidation sites excluding steroid dienone is 1. The fourth-order valence-corrected chi connectivity index (χ4v) is 10.6. The van der Waals surface area contributed by atoms with Crippen LogP contribution in [0.3, 0.4) is 0 Å². The Morgan fingerprint density at radius 2 is 1.63 bits per heavy atom. The quantitative estimate of drug-likeness (QED) is 0.353. The molecule has 0 bridgehead atoms. The Kier molecular flexibility index (Phi) is 7.15. The highest BCUT2D eigenvalue weighted by Crippen LogP contribution is 2.75. The van der Waals surface area contributed by atoms with E-state index in [0.29, 0.717) is 24.7 Å². The summed E-state index contributed by atoms with van der Waals surface area (Å²) in [5.41, 5.74) is -0.585. The molecule has 4 fully saturated rings. The summed E-state index contributed by atoms with van der Waals surface area (Å²) in [5.74, 6) is 0.932. The van der Waals surface area contributed by atoms with E-state index in [4.69, 9.17) is 0 Å².